The average molecular weight is 553 g/mol. The first-order valence-corrected chi connectivity index (χ1v) is 12.7. The Morgan fingerprint density at radius 1 is 0.854 bits per heavy atom. The Balaban J connectivity index is 1.44. The number of fused-ring (bicyclic) bond motifs is 1. The van der Waals surface area contributed by atoms with Crippen LogP contribution in [0, 0.1) is 24.4 Å². The first-order chi connectivity index (χ1) is 19.8. The van der Waals surface area contributed by atoms with Crippen LogP contribution in [0.1, 0.15) is 24.1 Å². The summed E-state index contributed by atoms with van der Waals surface area (Å²) in [5.74, 6) is -3.19. The molecule has 0 aliphatic carbocycles. The number of anilines is 2. The second-order valence-corrected chi connectivity index (χ2v) is 9.50. The molecule has 8 nitrogen and oxygen atoms in total. The molecule has 0 radical (unpaired) electrons. The van der Waals surface area contributed by atoms with E-state index in [-0.39, 0.29) is 17.5 Å². The second kappa shape index (κ2) is 10.3. The first kappa shape index (κ1) is 25.9. The molecule has 204 valence electrons. The Labute approximate surface area is 232 Å². The Hall–Kier alpha value is -5.32. The van der Waals surface area contributed by atoms with Crippen molar-refractivity contribution in [2.75, 3.05) is 11.1 Å². The quantitative estimate of drug-likeness (QED) is 0.230. The zero-order chi connectivity index (χ0) is 28.7. The van der Waals surface area contributed by atoms with Gasteiger partial charge >= 0.3 is 0 Å². The SMILES string of the molecule is Cc1ccccc1-c1cc(-n2cnc3cc(-c4ccnc(N)n4)ccc32)nc(NC(C)c2ccc(F)c(F)c2F)n1. The Bertz CT molecular complexity index is 1920. The largest absolute Gasteiger partial charge is 0.368 e. The molecule has 0 spiro atoms. The van der Waals surface area contributed by atoms with Crippen LogP contribution in [0.3, 0.4) is 0 Å². The monoisotopic (exact) mass is 552 g/mol. The highest BCUT2D eigenvalue weighted by atomic mass is 19.2. The van der Waals surface area contributed by atoms with E-state index in [1.165, 1.54) is 6.07 Å². The molecule has 6 aromatic rings. The Kier molecular flexibility index (Phi) is 6.54. The van der Waals surface area contributed by atoms with Crippen molar-refractivity contribution >= 4 is 22.9 Å². The van der Waals surface area contributed by atoms with Crippen molar-refractivity contribution in [1.29, 1.82) is 0 Å². The third-order valence-electron chi connectivity index (χ3n) is 6.77. The molecule has 0 aliphatic heterocycles. The van der Waals surface area contributed by atoms with E-state index in [9.17, 15) is 13.2 Å². The summed E-state index contributed by atoms with van der Waals surface area (Å²) in [6.45, 7) is 3.59. The second-order valence-electron chi connectivity index (χ2n) is 9.50. The van der Waals surface area contributed by atoms with Crippen molar-refractivity contribution in [2.24, 2.45) is 0 Å². The third kappa shape index (κ3) is 4.93. The van der Waals surface area contributed by atoms with Gasteiger partial charge in [0.25, 0.3) is 0 Å². The lowest BCUT2D eigenvalue weighted by atomic mass is 10.1. The van der Waals surface area contributed by atoms with Gasteiger partial charge in [-0.15, -0.1) is 0 Å². The molecule has 3 aromatic carbocycles. The van der Waals surface area contributed by atoms with E-state index in [1.54, 1.807) is 25.5 Å². The van der Waals surface area contributed by atoms with Gasteiger partial charge in [0.2, 0.25) is 11.9 Å². The van der Waals surface area contributed by atoms with E-state index < -0.39 is 23.5 Å². The lowest BCUT2D eigenvalue weighted by Crippen LogP contribution is -2.14. The summed E-state index contributed by atoms with van der Waals surface area (Å²) in [4.78, 5) is 22.2. The Morgan fingerprint density at radius 2 is 1.68 bits per heavy atom. The van der Waals surface area contributed by atoms with Crippen LogP contribution in [0.5, 0.6) is 0 Å². The zero-order valence-electron chi connectivity index (χ0n) is 22.0. The van der Waals surface area contributed by atoms with Crippen molar-refractivity contribution in [3.8, 4) is 28.3 Å². The normalized spacial score (nSPS) is 12.0. The van der Waals surface area contributed by atoms with Crippen LogP contribution >= 0.6 is 0 Å². The Morgan fingerprint density at radius 3 is 2.49 bits per heavy atom. The van der Waals surface area contributed by atoms with Crippen LogP contribution in [-0.4, -0.2) is 29.5 Å². The van der Waals surface area contributed by atoms with E-state index in [4.69, 9.17) is 5.73 Å². The number of nitrogens with one attached hydrogen (secondary N) is 1. The van der Waals surface area contributed by atoms with Crippen LogP contribution in [0.2, 0.25) is 0 Å². The maximum absolute atomic E-state index is 14.5. The predicted molar refractivity (Wildman–Crippen MR) is 151 cm³/mol. The van der Waals surface area contributed by atoms with Gasteiger partial charge in [-0.05, 0) is 43.7 Å². The highest BCUT2D eigenvalue weighted by Gasteiger charge is 2.20. The van der Waals surface area contributed by atoms with Crippen molar-refractivity contribution in [3.05, 3.63) is 108 Å². The molecule has 3 N–H and O–H groups in total. The van der Waals surface area contributed by atoms with Gasteiger partial charge in [0.05, 0.1) is 28.5 Å². The fraction of sp³-hybridized carbons (Fsp3) is 0.100. The number of aryl methyl sites for hydroxylation is 1. The summed E-state index contributed by atoms with van der Waals surface area (Å²) in [6.07, 6.45) is 3.24. The lowest BCUT2D eigenvalue weighted by molar-refractivity contribution is 0.438. The summed E-state index contributed by atoms with van der Waals surface area (Å²) in [7, 11) is 0. The van der Waals surface area contributed by atoms with Crippen molar-refractivity contribution in [1.82, 2.24) is 29.5 Å². The van der Waals surface area contributed by atoms with E-state index in [2.05, 4.69) is 30.2 Å². The number of aromatic nitrogens is 6. The first-order valence-electron chi connectivity index (χ1n) is 12.7. The molecule has 0 saturated carbocycles. The molecule has 1 atom stereocenters. The molecule has 41 heavy (non-hydrogen) atoms. The van der Waals surface area contributed by atoms with Gasteiger partial charge < -0.3 is 11.1 Å². The molecular weight excluding hydrogens is 529 g/mol. The third-order valence-corrected chi connectivity index (χ3v) is 6.77. The number of imidazole rings is 1. The van der Waals surface area contributed by atoms with Crippen molar-refractivity contribution < 1.29 is 13.2 Å². The molecule has 6 rings (SSSR count). The molecule has 0 fully saturated rings. The van der Waals surface area contributed by atoms with E-state index in [1.807, 2.05) is 60.0 Å². The maximum atomic E-state index is 14.5. The molecule has 3 heterocycles. The topological polar surface area (TPSA) is 107 Å². The van der Waals surface area contributed by atoms with Gasteiger partial charge in [0.15, 0.2) is 17.5 Å². The van der Waals surface area contributed by atoms with Gasteiger partial charge in [0.1, 0.15) is 12.1 Å². The molecular formula is C30H23F3N8. The number of nitrogens with two attached hydrogens (primary N) is 1. The number of nitrogens with zero attached hydrogens (tertiary/aromatic N) is 6. The predicted octanol–water partition coefficient (Wildman–Crippen LogP) is 6.42. The zero-order valence-corrected chi connectivity index (χ0v) is 22.0. The van der Waals surface area contributed by atoms with Gasteiger partial charge in [-0.2, -0.15) is 4.98 Å². The van der Waals surface area contributed by atoms with E-state index in [0.29, 0.717) is 22.7 Å². The number of nitrogen functional groups attached to an aromatic ring is 1. The van der Waals surface area contributed by atoms with Crippen molar-refractivity contribution in [2.45, 2.75) is 19.9 Å². The van der Waals surface area contributed by atoms with Crippen LogP contribution in [0.15, 0.2) is 79.3 Å². The van der Waals surface area contributed by atoms with Crippen LogP contribution < -0.4 is 11.1 Å². The van der Waals surface area contributed by atoms with Gasteiger partial charge in [-0.1, -0.05) is 36.4 Å². The lowest BCUT2D eigenvalue weighted by Gasteiger charge is -2.17. The molecule has 0 aliphatic rings. The molecule has 0 saturated heterocycles. The number of rotatable bonds is 6. The maximum Gasteiger partial charge on any atom is 0.225 e. The molecule has 0 bridgehead atoms. The summed E-state index contributed by atoms with van der Waals surface area (Å²) in [6, 6.07) is 18.4. The molecule has 0 amide bonds. The molecule has 11 heteroatoms. The summed E-state index contributed by atoms with van der Waals surface area (Å²) in [5, 5.41) is 3.05. The number of benzene rings is 3. The van der Waals surface area contributed by atoms with Crippen LogP contribution in [-0.2, 0) is 0 Å². The summed E-state index contributed by atoms with van der Waals surface area (Å²) in [5.41, 5.74) is 11.1. The fourth-order valence-electron chi connectivity index (χ4n) is 4.66. The summed E-state index contributed by atoms with van der Waals surface area (Å²) < 4.78 is 43.8. The highest BCUT2D eigenvalue weighted by molar-refractivity contribution is 5.83. The summed E-state index contributed by atoms with van der Waals surface area (Å²) >= 11 is 0. The van der Waals surface area contributed by atoms with Crippen LogP contribution in [0.25, 0.3) is 39.4 Å². The van der Waals surface area contributed by atoms with E-state index in [0.717, 1.165) is 28.3 Å². The van der Waals surface area contributed by atoms with E-state index >= 15 is 0 Å². The van der Waals surface area contributed by atoms with Gasteiger partial charge in [-0.25, -0.2) is 33.1 Å². The minimum absolute atomic E-state index is 0.0543. The number of hydrogen-bond acceptors (Lipinski definition) is 7. The smallest absolute Gasteiger partial charge is 0.225 e. The number of halogens is 3. The van der Waals surface area contributed by atoms with Gasteiger partial charge in [0, 0.05) is 29.0 Å². The molecule has 3 aromatic heterocycles. The highest BCUT2D eigenvalue weighted by Crippen LogP contribution is 2.29. The minimum atomic E-state index is -1.53. The van der Waals surface area contributed by atoms with Crippen LogP contribution in [0.4, 0.5) is 25.1 Å². The van der Waals surface area contributed by atoms with Crippen molar-refractivity contribution in [3.63, 3.8) is 0 Å². The standard InChI is InChI=1S/C30H23F3N8/c1-16-5-3-4-6-19(16)23-14-26(40-30(39-23)37-17(2)20-8-9-21(31)28(33)27(20)32)41-15-36-24-13-18(7-10-25(24)41)22-11-12-35-29(34)38-22/h3-15,17H,1-2H3,(H2,34,35,38)(H,37,39,40). The van der Waals surface area contributed by atoms with Gasteiger partial charge in [-0.3, -0.25) is 4.57 Å². The number of hydrogen-bond donors (Lipinski definition) is 2. The fourth-order valence-corrected chi connectivity index (χ4v) is 4.66. The minimum Gasteiger partial charge on any atom is -0.368 e. The average Bonchev–Trinajstić information content (AvgIpc) is 3.39. The molecule has 1 unspecified atom stereocenters.